The number of benzene rings is 1. The summed E-state index contributed by atoms with van der Waals surface area (Å²) in [5.74, 6) is 1.47. The Morgan fingerprint density at radius 3 is 2.64 bits per heavy atom. The highest BCUT2D eigenvalue weighted by Crippen LogP contribution is 2.23. The van der Waals surface area contributed by atoms with Crippen molar-refractivity contribution in [2.75, 3.05) is 20.1 Å². The molecule has 1 aromatic carbocycles. The number of carbonyl (C=O) groups excluding carboxylic acids is 1. The first-order valence-corrected chi connectivity index (χ1v) is 7.91. The van der Waals surface area contributed by atoms with Crippen LogP contribution in [-0.4, -0.2) is 42.0 Å². The Bertz CT molecular complexity index is 653. The lowest BCUT2D eigenvalue weighted by molar-refractivity contribution is 0.0737. The summed E-state index contributed by atoms with van der Waals surface area (Å²) < 4.78 is 5.70. The van der Waals surface area contributed by atoms with Crippen molar-refractivity contribution in [3.63, 3.8) is 0 Å². The van der Waals surface area contributed by atoms with Crippen LogP contribution in [0.3, 0.4) is 0 Å². The van der Waals surface area contributed by atoms with Crippen LogP contribution >= 0.6 is 24.8 Å². The number of carbonyl (C=O) groups is 1. The van der Waals surface area contributed by atoms with Crippen molar-refractivity contribution >= 4 is 30.7 Å². The molecule has 5 nitrogen and oxygen atoms in total. The van der Waals surface area contributed by atoms with Crippen LogP contribution in [0.25, 0.3) is 0 Å². The quantitative estimate of drug-likeness (QED) is 0.857. The number of amides is 1. The average molecular weight is 384 g/mol. The molecule has 2 aromatic rings. The Kier molecular flexibility index (Phi) is 8.69. The smallest absolute Gasteiger partial charge is 0.254 e. The molecular formula is C18H23Cl2N3O2. The van der Waals surface area contributed by atoms with E-state index >= 15 is 0 Å². The third-order valence-corrected chi connectivity index (χ3v) is 4.05. The molecule has 0 radical (unpaired) electrons. The van der Waals surface area contributed by atoms with Crippen LogP contribution in [0.5, 0.6) is 11.5 Å². The highest BCUT2D eigenvalue weighted by atomic mass is 35.5. The molecule has 2 heterocycles. The van der Waals surface area contributed by atoms with E-state index in [0.717, 1.165) is 25.9 Å². The molecule has 0 spiro atoms. The number of hydrogen-bond acceptors (Lipinski definition) is 4. The van der Waals surface area contributed by atoms with Gasteiger partial charge in [0.15, 0.2) is 0 Å². The topological polar surface area (TPSA) is 54.5 Å². The summed E-state index contributed by atoms with van der Waals surface area (Å²) in [6.07, 6.45) is 5.49. The molecule has 1 aliphatic heterocycles. The van der Waals surface area contributed by atoms with Crippen molar-refractivity contribution in [3.05, 3.63) is 54.4 Å². The Labute approximate surface area is 160 Å². The molecule has 1 unspecified atom stereocenters. The first kappa shape index (κ1) is 21.2. The van der Waals surface area contributed by atoms with Gasteiger partial charge in [0.25, 0.3) is 5.91 Å². The van der Waals surface area contributed by atoms with Gasteiger partial charge in [0.2, 0.25) is 0 Å². The van der Waals surface area contributed by atoms with Crippen molar-refractivity contribution in [2.24, 2.45) is 0 Å². The lowest BCUT2D eigenvalue weighted by Crippen LogP contribution is -2.40. The van der Waals surface area contributed by atoms with Gasteiger partial charge in [0, 0.05) is 30.9 Å². The lowest BCUT2D eigenvalue weighted by Gasteiger charge is -2.24. The number of rotatable bonds is 5. The molecule has 1 aliphatic rings. The minimum atomic E-state index is 0. The predicted octanol–water partition coefficient (Wildman–Crippen LogP) is 3.54. The summed E-state index contributed by atoms with van der Waals surface area (Å²) in [4.78, 5) is 18.6. The molecule has 1 atom stereocenters. The summed E-state index contributed by atoms with van der Waals surface area (Å²) in [6, 6.07) is 11.2. The summed E-state index contributed by atoms with van der Waals surface area (Å²) in [7, 11) is 1.92. The van der Waals surface area contributed by atoms with E-state index in [-0.39, 0.29) is 30.7 Å². The number of nitrogens with zero attached hydrogens (tertiary/aromatic N) is 2. The number of nitrogens with one attached hydrogen (secondary N) is 1. The van der Waals surface area contributed by atoms with Crippen LogP contribution < -0.4 is 10.1 Å². The van der Waals surface area contributed by atoms with Crippen LogP contribution in [-0.2, 0) is 0 Å². The number of hydrogen-bond donors (Lipinski definition) is 1. The number of aromatic nitrogens is 1. The van der Waals surface area contributed by atoms with E-state index in [1.165, 1.54) is 0 Å². The number of pyridine rings is 1. The molecule has 0 bridgehead atoms. The zero-order chi connectivity index (χ0) is 16.1. The molecule has 1 amide bonds. The second-order valence-corrected chi connectivity index (χ2v) is 5.67. The van der Waals surface area contributed by atoms with Gasteiger partial charge in [-0.2, -0.15) is 0 Å². The van der Waals surface area contributed by atoms with E-state index < -0.39 is 0 Å². The lowest BCUT2D eigenvalue weighted by atomic mass is 10.1. The molecular weight excluding hydrogens is 361 g/mol. The van der Waals surface area contributed by atoms with E-state index in [1.54, 1.807) is 12.4 Å². The van der Waals surface area contributed by atoms with Gasteiger partial charge in [-0.3, -0.25) is 9.78 Å². The Balaban J connectivity index is 0.00000156. The molecule has 3 rings (SSSR count). The molecule has 1 aromatic heterocycles. The normalized spacial score (nSPS) is 15.9. The van der Waals surface area contributed by atoms with E-state index in [1.807, 2.05) is 48.3 Å². The number of likely N-dealkylation sites (tertiary alicyclic amines) is 1. The maximum Gasteiger partial charge on any atom is 0.254 e. The highest BCUT2D eigenvalue weighted by Gasteiger charge is 2.28. The standard InChI is InChI=1S/C18H21N3O2.2ClH/c1-19-12-15-4-3-11-21(15)18(22)14-6-8-16(9-7-14)23-17-5-2-10-20-13-17;;/h2,5-10,13,15,19H,3-4,11-12H2,1H3;2*1H. The van der Waals surface area contributed by atoms with Gasteiger partial charge in [-0.1, -0.05) is 0 Å². The molecule has 0 aliphatic carbocycles. The first-order chi connectivity index (χ1) is 11.3. The van der Waals surface area contributed by atoms with E-state index in [0.29, 0.717) is 23.1 Å². The second kappa shape index (κ2) is 10.2. The maximum atomic E-state index is 12.6. The molecule has 1 N–H and O–H groups in total. The van der Waals surface area contributed by atoms with Crippen LogP contribution in [0, 0.1) is 0 Å². The van der Waals surface area contributed by atoms with Gasteiger partial charge >= 0.3 is 0 Å². The Morgan fingerprint density at radius 2 is 2.00 bits per heavy atom. The van der Waals surface area contributed by atoms with E-state index in [4.69, 9.17) is 4.74 Å². The van der Waals surface area contributed by atoms with Crippen molar-refractivity contribution in [1.82, 2.24) is 15.2 Å². The number of ether oxygens (including phenoxy) is 1. The van der Waals surface area contributed by atoms with Gasteiger partial charge in [-0.25, -0.2) is 0 Å². The van der Waals surface area contributed by atoms with Gasteiger partial charge in [0.05, 0.1) is 6.20 Å². The third-order valence-electron chi connectivity index (χ3n) is 4.05. The van der Waals surface area contributed by atoms with Gasteiger partial charge < -0.3 is 15.0 Å². The summed E-state index contributed by atoms with van der Waals surface area (Å²) in [6.45, 7) is 1.67. The number of likely N-dealkylation sites (N-methyl/N-ethyl adjacent to an activating group) is 1. The predicted molar refractivity (Wildman–Crippen MR) is 103 cm³/mol. The second-order valence-electron chi connectivity index (χ2n) is 5.67. The van der Waals surface area contributed by atoms with Crippen molar-refractivity contribution in [1.29, 1.82) is 0 Å². The van der Waals surface area contributed by atoms with Gasteiger partial charge in [0.1, 0.15) is 11.5 Å². The Morgan fingerprint density at radius 1 is 1.24 bits per heavy atom. The molecule has 25 heavy (non-hydrogen) atoms. The van der Waals surface area contributed by atoms with Crippen LogP contribution in [0.15, 0.2) is 48.8 Å². The zero-order valence-corrected chi connectivity index (χ0v) is 15.7. The molecule has 136 valence electrons. The first-order valence-electron chi connectivity index (χ1n) is 7.91. The molecule has 1 saturated heterocycles. The number of halogens is 2. The Hall–Kier alpha value is -1.82. The van der Waals surface area contributed by atoms with E-state index in [2.05, 4.69) is 10.3 Å². The SMILES string of the molecule is CNCC1CCCN1C(=O)c1ccc(Oc2cccnc2)cc1.Cl.Cl. The highest BCUT2D eigenvalue weighted by molar-refractivity contribution is 5.94. The van der Waals surface area contributed by atoms with Crippen molar-refractivity contribution in [3.8, 4) is 11.5 Å². The minimum absolute atomic E-state index is 0. The van der Waals surface area contributed by atoms with Gasteiger partial charge in [-0.05, 0) is 56.3 Å². The van der Waals surface area contributed by atoms with Crippen LogP contribution in [0.2, 0.25) is 0 Å². The fraction of sp³-hybridized carbons (Fsp3) is 0.333. The summed E-state index contributed by atoms with van der Waals surface area (Å²) in [5.41, 5.74) is 0.700. The molecule has 1 fully saturated rings. The zero-order valence-electron chi connectivity index (χ0n) is 14.1. The molecule has 0 saturated carbocycles. The molecule has 7 heteroatoms. The van der Waals surface area contributed by atoms with Crippen molar-refractivity contribution in [2.45, 2.75) is 18.9 Å². The van der Waals surface area contributed by atoms with Crippen LogP contribution in [0.1, 0.15) is 23.2 Å². The fourth-order valence-electron chi connectivity index (χ4n) is 2.93. The minimum Gasteiger partial charge on any atom is -0.456 e. The van der Waals surface area contributed by atoms with E-state index in [9.17, 15) is 4.79 Å². The monoisotopic (exact) mass is 383 g/mol. The average Bonchev–Trinajstić information content (AvgIpc) is 3.04. The maximum absolute atomic E-state index is 12.6. The third kappa shape index (κ3) is 5.33. The van der Waals surface area contributed by atoms with Gasteiger partial charge in [-0.15, -0.1) is 24.8 Å². The largest absolute Gasteiger partial charge is 0.456 e. The van der Waals surface area contributed by atoms with Crippen LogP contribution in [0.4, 0.5) is 0 Å². The fourth-order valence-corrected chi connectivity index (χ4v) is 2.93. The van der Waals surface area contributed by atoms with Crippen molar-refractivity contribution < 1.29 is 9.53 Å². The summed E-state index contributed by atoms with van der Waals surface area (Å²) in [5, 5.41) is 3.16. The summed E-state index contributed by atoms with van der Waals surface area (Å²) >= 11 is 0.